The zero-order chi connectivity index (χ0) is 13.0. The summed E-state index contributed by atoms with van der Waals surface area (Å²) in [6.07, 6.45) is 1.57. The van der Waals surface area contributed by atoms with Gasteiger partial charge in [0.15, 0.2) is 5.76 Å². The number of rotatable bonds is 4. The van der Waals surface area contributed by atoms with Crippen LogP contribution in [-0.4, -0.2) is 18.2 Å². The SMILES string of the molecule is COC(=O)c1cc(NCc2ccno2)ccc1N. The van der Waals surface area contributed by atoms with Crippen molar-refractivity contribution < 1.29 is 14.1 Å². The van der Waals surface area contributed by atoms with Crippen LogP contribution < -0.4 is 11.1 Å². The van der Waals surface area contributed by atoms with Gasteiger partial charge in [-0.2, -0.15) is 0 Å². The fourth-order valence-corrected chi connectivity index (χ4v) is 1.48. The van der Waals surface area contributed by atoms with Gasteiger partial charge in [-0.05, 0) is 18.2 Å². The molecule has 0 aliphatic rings. The number of aromatic nitrogens is 1. The number of ether oxygens (including phenoxy) is 1. The molecule has 2 aromatic rings. The molecule has 0 atom stereocenters. The molecular weight excluding hydrogens is 234 g/mol. The summed E-state index contributed by atoms with van der Waals surface area (Å²) in [5, 5.41) is 6.70. The highest BCUT2D eigenvalue weighted by Crippen LogP contribution is 2.19. The predicted octanol–water partition coefficient (Wildman–Crippen LogP) is 1.66. The molecule has 0 aliphatic heterocycles. The van der Waals surface area contributed by atoms with E-state index >= 15 is 0 Å². The highest BCUT2D eigenvalue weighted by atomic mass is 16.5. The van der Waals surface area contributed by atoms with E-state index in [0.29, 0.717) is 23.6 Å². The molecule has 6 nitrogen and oxygen atoms in total. The van der Waals surface area contributed by atoms with Crippen LogP contribution in [0, 0.1) is 0 Å². The molecule has 18 heavy (non-hydrogen) atoms. The summed E-state index contributed by atoms with van der Waals surface area (Å²) in [6, 6.07) is 6.82. The summed E-state index contributed by atoms with van der Waals surface area (Å²) in [5.41, 5.74) is 7.17. The van der Waals surface area contributed by atoms with Gasteiger partial charge in [-0.25, -0.2) is 4.79 Å². The molecule has 0 bridgehead atoms. The number of anilines is 2. The highest BCUT2D eigenvalue weighted by molar-refractivity contribution is 5.96. The van der Waals surface area contributed by atoms with Crippen LogP contribution in [0.2, 0.25) is 0 Å². The molecule has 1 heterocycles. The minimum absolute atomic E-state index is 0.333. The second kappa shape index (κ2) is 5.22. The number of nitrogens with one attached hydrogen (secondary N) is 1. The van der Waals surface area contributed by atoms with Gasteiger partial charge in [-0.15, -0.1) is 0 Å². The Labute approximate surface area is 104 Å². The number of methoxy groups -OCH3 is 1. The third kappa shape index (κ3) is 2.60. The van der Waals surface area contributed by atoms with E-state index in [2.05, 4.69) is 15.2 Å². The van der Waals surface area contributed by atoms with Gasteiger partial charge in [0.05, 0.1) is 25.4 Å². The van der Waals surface area contributed by atoms with Crippen molar-refractivity contribution >= 4 is 17.3 Å². The summed E-state index contributed by atoms with van der Waals surface area (Å²) in [4.78, 5) is 11.5. The van der Waals surface area contributed by atoms with E-state index in [-0.39, 0.29) is 0 Å². The first-order chi connectivity index (χ1) is 8.70. The lowest BCUT2D eigenvalue weighted by Gasteiger charge is -2.08. The Morgan fingerprint density at radius 1 is 1.50 bits per heavy atom. The number of hydrogen-bond acceptors (Lipinski definition) is 6. The van der Waals surface area contributed by atoms with Gasteiger partial charge in [0.25, 0.3) is 0 Å². The van der Waals surface area contributed by atoms with Crippen LogP contribution in [0.25, 0.3) is 0 Å². The molecule has 3 N–H and O–H groups in total. The number of benzene rings is 1. The lowest BCUT2D eigenvalue weighted by atomic mass is 10.1. The molecule has 1 aromatic carbocycles. The molecule has 94 valence electrons. The lowest BCUT2D eigenvalue weighted by molar-refractivity contribution is 0.0602. The number of hydrogen-bond donors (Lipinski definition) is 2. The molecule has 2 rings (SSSR count). The Bertz CT molecular complexity index is 538. The third-order valence-electron chi connectivity index (χ3n) is 2.42. The molecular formula is C12H13N3O3. The van der Waals surface area contributed by atoms with Crippen molar-refractivity contribution in [2.75, 3.05) is 18.2 Å². The number of esters is 1. The summed E-state index contributed by atoms with van der Waals surface area (Å²) >= 11 is 0. The van der Waals surface area contributed by atoms with Crippen molar-refractivity contribution in [3.63, 3.8) is 0 Å². The smallest absolute Gasteiger partial charge is 0.340 e. The van der Waals surface area contributed by atoms with Crippen molar-refractivity contribution in [3.8, 4) is 0 Å². The Hall–Kier alpha value is -2.50. The molecule has 0 saturated heterocycles. The van der Waals surface area contributed by atoms with Crippen LogP contribution >= 0.6 is 0 Å². The summed E-state index contributed by atoms with van der Waals surface area (Å²) < 4.78 is 9.60. The maximum absolute atomic E-state index is 11.5. The molecule has 0 saturated carbocycles. The van der Waals surface area contributed by atoms with Crippen LogP contribution in [-0.2, 0) is 11.3 Å². The molecule has 0 unspecified atom stereocenters. The molecule has 0 radical (unpaired) electrons. The molecule has 0 spiro atoms. The van der Waals surface area contributed by atoms with Gasteiger partial charge in [-0.3, -0.25) is 0 Å². The second-order valence-corrected chi connectivity index (χ2v) is 3.63. The zero-order valence-electron chi connectivity index (χ0n) is 9.84. The van der Waals surface area contributed by atoms with E-state index in [9.17, 15) is 4.79 Å². The van der Waals surface area contributed by atoms with E-state index in [1.807, 2.05) is 0 Å². The first-order valence-corrected chi connectivity index (χ1v) is 5.32. The summed E-state index contributed by atoms with van der Waals surface area (Å²) in [5.74, 6) is 0.238. The fraction of sp³-hybridized carbons (Fsp3) is 0.167. The molecule has 0 fully saturated rings. The lowest BCUT2D eigenvalue weighted by Crippen LogP contribution is -2.07. The average molecular weight is 247 g/mol. The monoisotopic (exact) mass is 247 g/mol. The number of carbonyl (C=O) groups is 1. The normalized spacial score (nSPS) is 10.1. The van der Waals surface area contributed by atoms with E-state index in [1.165, 1.54) is 7.11 Å². The van der Waals surface area contributed by atoms with Crippen LogP contribution in [0.15, 0.2) is 35.0 Å². The minimum atomic E-state index is -0.462. The van der Waals surface area contributed by atoms with Crippen molar-refractivity contribution in [2.24, 2.45) is 0 Å². The molecule has 0 amide bonds. The summed E-state index contributed by atoms with van der Waals surface area (Å²) in [7, 11) is 1.32. The number of nitrogens with two attached hydrogens (primary N) is 1. The van der Waals surface area contributed by atoms with Gasteiger partial charge in [0.1, 0.15) is 0 Å². The Balaban J connectivity index is 2.12. The second-order valence-electron chi connectivity index (χ2n) is 3.63. The Morgan fingerprint density at radius 3 is 3.00 bits per heavy atom. The predicted molar refractivity (Wildman–Crippen MR) is 66.0 cm³/mol. The van der Waals surface area contributed by atoms with Crippen LogP contribution in [0.5, 0.6) is 0 Å². The Kier molecular flexibility index (Phi) is 3.47. The first kappa shape index (κ1) is 12.0. The standard InChI is InChI=1S/C12H13N3O3/c1-17-12(16)10-6-8(2-3-11(10)13)14-7-9-4-5-15-18-9/h2-6,14H,7,13H2,1H3. The largest absolute Gasteiger partial charge is 0.465 e. The van der Waals surface area contributed by atoms with E-state index in [1.54, 1.807) is 30.5 Å². The van der Waals surface area contributed by atoms with Crippen LogP contribution in [0.4, 0.5) is 11.4 Å². The van der Waals surface area contributed by atoms with Gasteiger partial charge >= 0.3 is 5.97 Å². The van der Waals surface area contributed by atoms with Crippen molar-refractivity contribution in [2.45, 2.75) is 6.54 Å². The Morgan fingerprint density at radius 2 is 2.33 bits per heavy atom. The van der Waals surface area contributed by atoms with Gasteiger partial charge in [-0.1, -0.05) is 5.16 Å². The van der Waals surface area contributed by atoms with Gasteiger partial charge < -0.3 is 20.3 Å². The number of carbonyl (C=O) groups excluding carboxylic acids is 1. The minimum Gasteiger partial charge on any atom is -0.465 e. The van der Waals surface area contributed by atoms with Crippen molar-refractivity contribution in [1.29, 1.82) is 0 Å². The zero-order valence-corrected chi connectivity index (χ0v) is 9.84. The fourth-order valence-electron chi connectivity index (χ4n) is 1.48. The van der Waals surface area contributed by atoms with Crippen molar-refractivity contribution in [1.82, 2.24) is 5.16 Å². The quantitative estimate of drug-likeness (QED) is 0.630. The maximum Gasteiger partial charge on any atom is 0.340 e. The number of nitrogens with zero attached hydrogens (tertiary/aromatic N) is 1. The third-order valence-corrected chi connectivity index (χ3v) is 2.42. The summed E-state index contributed by atoms with van der Waals surface area (Å²) in [6.45, 7) is 0.477. The molecule has 6 heteroatoms. The average Bonchev–Trinajstić information content (AvgIpc) is 2.90. The van der Waals surface area contributed by atoms with E-state index < -0.39 is 5.97 Å². The molecule has 1 aromatic heterocycles. The van der Waals surface area contributed by atoms with Crippen LogP contribution in [0.3, 0.4) is 0 Å². The highest BCUT2D eigenvalue weighted by Gasteiger charge is 2.10. The number of nitrogen functional groups attached to an aromatic ring is 1. The van der Waals surface area contributed by atoms with E-state index in [4.69, 9.17) is 10.3 Å². The first-order valence-electron chi connectivity index (χ1n) is 5.32. The molecule has 0 aliphatic carbocycles. The van der Waals surface area contributed by atoms with Crippen molar-refractivity contribution in [3.05, 3.63) is 41.8 Å². The van der Waals surface area contributed by atoms with Gasteiger partial charge in [0, 0.05) is 17.4 Å². The maximum atomic E-state index is 11.5. The topological polar surface area (TPSA) is 90.4 Å². The van der Waals surface area contributed by atoms with E-state index in [0.717, 1.165) is 5.69 Å². The van der Waals surface area contributed by atoms with Crippen LogP contribution in [0.1, 0.15) is 16.1 Å². The van der Waals surface area contributed by atoms with Gasteiger partial charge in [0.2, 0.25) is 0 Å².